The first-order valence-corrected chi connectivity index (χ1v) is 5.71. The van der Waals surface area contributed by atoms with Crippen LogP contribution in [0.2, 0.25) is 0 Å². The van der Waals surface area contributed by atoms with E-state index < -0.39 is 12.2 Å². The normalized spacial score (nSPS) is 37.0. The third kappa shape index (κ3) is 2.68. The summed E-state index contributed by atoms with van der Waals surface area (Å²) >= 11 is 0. The van der Waals surface area contributed by atoms with Gasteiger partial charge < -0.3 is 15.3 Å². The zero-order valence-electron chi connectivity index (χ0n) is 8.92. The van der Waals surface area contributed by atoms with Crippen molar-refractivity contribution in [1.82, 2.24) is 10.0 Å². The van der Waals surface area contributed by atoms with Crippen LogP contribution in [0.15, 0.2) is 0 Å². The summed E-state index contributed by atoms with van der Waals surface area (Å²) in [5.74, 6) is 0. The van der Waals surface area contributed by atoms with E-state index in [-0.39, 0.29) is 6.10 Å². The van der Waals surface area contributed by atoms with Crippen LogP contribution in [0, 0.1) is 0 Å². The van der Waals surface area contributed by atoms with Crippen molar-refractivity contribution in [3.63, 3.8) is 0 Å². The average Bonchev–Trinajstić information content (AvgIpc) is 2.23. The molecule has 2 atom stereocenters. The van der Waals surface area contributed by atoms with Crippen molar-refractivity contribution in [3.8, 4) is 0 Å². The van der Waals surface area contributed by atoms with Gasteiger partial charge in [0.15, 0.2) is 0 Å². The van der Waals surface area contributed by atoms with Crippen molar-refractivity contribution < 1.29 is 15.3 Å². The van der Waals surface area contributed by atoms with Crippen molar-refractivity contribution >= 4 is 0 Å². The molecule has 2 fully saturated rings. The lowest BCUT2D eigenvalue weighted by molar-refractivity contribution is -0.131. The maximum Gasteiger partial charge on any atom is 0.0940 e. The Kier molecular flexibility index (Phi) is 3.58. The van der Waals surface area contributed by atoms with Crippen LogP contribution in [0.5, 0.6) is 0 Å². The molecule has 15 heavy (non-hydrogen) atoms. The van der Waals surface area contributed by atoms with Gasteiger partial charge in [-0.05, 0) is 19.3 Å². The summed E-state index contributed by atoms with van der Waals surface area (Å²) in [5.41, 5.74) is 0. The lowest BCUT2D eigenvalue weighted by Gasteiger charge is -2.43. The Balaban J connectivity index is 1.84. The Hall–Kier alpha value is -0.200. The summed E-state index contributed by atoms with van der Waals surface area (Å²) in [6.45, 7) is 3.01. The summed E-state index contributed by atoms with van der Waals surface area (Å²) < 4.78 is 0. The van der Waals surface area contributed by atoms with Crippen LogP contribution < -0.4 is 0 Å². The van der Waals surface area contributed by atoms with Crippen molar-refractivity contribution in [2.45, 2.75) is 37.6 Å². The summed E-state index contributed by atoms with van der Waals surface area (Å²) in [6.07, 6.45) is 0.855. The molecular formula is C10H20N2O3. The molecule has 0 aromatic carbocycles. The fourth-order valence-corrected chi connectivity index (χ4v) is 2.29. The molecule has 0 bridgehead atoms. The number of rotatable bonds is 1. The second-order valence-electron chi connectivity index (χ2n) is 4.52. The van der Waals surface area contributed by atoms with Gasteiger partial charge in [0, 0.05) is 26.2 Å². The molecule has 0 aliphatic carbocycles. The first kappa shape index (κ1) is 11.3. The molecule has 5 heteroatoms. The highest BCUT2D eigenvalue weighted by atomic mass is 16.3. The Morgan fingerprint density at radius 1 is 0.733 bits per heavy atom. The minimum atomic E-state index is -0.634. The fourth-order valence-electron chi connectivity index (χ4n) is 2.29. The van der Waals surface area contributed by atoms with Crippen LogP contribution in [0.25, 0.3) is 0 Å². The van der Waals surface area contributed by atoms with Gasteiger partial charge in [-0.15, -0.1) is 0 Å². The molecule has 3 N–H and O–H groups in total. The average molecular weight is 216 g/mol. The summed E-state index contributed by atoms with van der Waals surface area (Å²) in [4.78, 5) is 0. The van der Waals surface area contributed by atoms with Gasteiger partial charge in [-0.2, -0.15) is 0 Å². The van der Waals surface area contributed by atoms with E-state index in [2.05, 4.69) is 10.0 Å². The quantitative estimate of drug-likeness (QED) is 0.513. The van der Waals surface area contributed by atoms with Crippen molar-refractivity contribution in [1.29, 1.82) is 0 Å². The molecule has 0 spiro atoms. The molecular weight excluding hydrogens is 196 g/mol. The Morgan fingerprint density at radius 3 is 1.93 bits per heavy atom. The maximum absolute atomic E-state index is 9.56. The van der Waals surface area contributed by atoms with Crippen LogP contribution in [-0.2, 0) is 0 Å². The third-order valence-electron chi connectivity index (χ3n) is 3.37. The van der Waals surface area contributed by atoms with Crippen molar-refractivity contribution in [2.24, 2.45) is 0 Å². The Morgan fingerprint density at radius 2 is 1.33 bits per heavy atom. The number of piperidine rings is 2. The van der Waals surface area contributed by atoms with Gasteiger partial charge in [0.05, 0.1) is 18.3 Å². The van der Waals surface area contributed by atoms with Gasteiger partial charge in [0.25, 0.3) is 0 Å². The first-order chi connectivity index (χ1) is 7.16. The van der Waals surface area contributed by atoms with E-state index in [4.69, 9.17) is 0 Å². The number of hydrazine groups is 1. The predicted molar refractivity (Wildman–Crippen MR) is 55.0 cm³/mol. The zero-order chi connectivity index (χ0) is 10.8. The van der Waals surface area contributed by atoms with E-state index in [9.17, 15) is 15.3 Å². The van der Waals surface area contributed by atoms with Crippen LogP contribution in [0.4, 0.5) is 0 Å². The minimum Gasteiger partial charge on any atom is -0.393 e. The molecule has 2 aliphatic rings. The lowest BCUT2D eigenvalue weighted by Crippen LogP contribution is -2.56. The number of β-amino-alcohol motifs (C(OH)–C–C–N with tert-alkyl or cyclic N) is 1. The van der Waals surface area contributed by atoms with Crippen LogP contribution in [-0.4, -0.2) is 69.8 Å². The van der Waals surface area contributed by atoms with Gasteiger partial charge >= 0.3 is 0 Å². The molecule has 5 nitrogen and oxygen atoms in total. The largest absolute Gasteiger partial charge is 0.393 e. The molecule has 0 aromatic heterocycles. The van der Waals surface area contributed by atoms with E-state index >= 15 is 0 Å². The van der Waals surface area contributed by atoms with Crippen LogP contribution >= 0.6 is 0 Å². The molecule has 0 aromatic rings. The van der Waals surface area contributed by atoms with E-state index in [0.717, 1.165) is 32.5 Å². The summed E-state index contributed by atoms with van der Waals surface area (Å²) in [7, 11) is 0. The molecule has 0 saturated carbocycles. The molecule has 2 rings (SSSR count). The van der Waals surface area contributed by atoms with Gasteiger partial charge in [-0.3, -0.25) is 0 Å². The molecule has 2 saturated heterocycles. The van der Waals surface area contributed by atoms with E-state index in [0.29, 0.717) is 13.0 Å². The summed E-state index contributed by atoms with van der Waals surface area (Å²) in [6, 6.07) is 0. The Labute approximate surface area is 89.9 Å². The maximum atomic E-state index is 9.56. The van der Waals surface area contributed by atoms with Gasteiger partial charge in [-0.25, -0.2) is 10.0 Å². The lowest BCUT2D eigenvalue weighted by atomic mass is 10.1. The van der Waals surface area contributed by atoms with E-state index in [1.54, 1.807) is 0 Å². The number of hydrogen-bond acceptors (Lipinski definition) is 5. The third-order valence-corrected chi connectivity index (χ3v) is 3.37. The molecule has 2 aliphatic heterocycles. The molecule has 2 heterocycles. The second kappa shape index (κ2) is 4.76. The van der Waals surface area contributed by atoms with Gasteiger partial charge in [0.2, 0.25) is 0 Å². The number of nitrogens with zero attached hydrogens (tertiary/aromatic N) is 2. The van der Waals surface area contributed by atoms with Gasteiger partial charge in [-0.1, -0.05) is 0 Å². The zero-order valence-corrected chi connectivity index (χ0v) is 8.92. The van der Waals surface area contributed by atoms with Crippen LogP contribution in [0.3, 0.4) is 0 Å². The van der Waals surface area contributed by atoms with E-state index in [1.807, 2.05) is 0 Å². The number of aliphatic hydroxyl groups excluding tert-OH is 3. The predicted octanol–water partition coefficient (Wildman–Crippen LogP) is -1.21. The Bertz CT molecular complexity index is 207. The standard InChI is InChI=1S/C10H20N2O3/c13-8-1-4-11(5-2-8)12-6-3-9(14)10(15)7-12/h8-10,13-15H,1-7H2. The summed E-state index contributed by atoms with van der Waals surface area (Å²) in [5, 5.41) is 32.6. The molecule has 88 valence electrons. The van der Waals surface area contributed by atoms with Crippen LogP contribution in [0.1, 0.15) is 19.3 Å². The highest BCUT2D eigenvalue weighted by Crippen LogP contribution is 2.17. The SMILES string of the molecule is OC1CCN(N2CCC(O)C(O)C2)CC1. The highest BCUT2D eigenvalue weighted by Gasteiger charge is 2.30. The molecule has 2 unspecified atom stereocenters. The smallest absolute Gasteiger partial charge is 0.0940 e. The van der Waals surface area contributed by atoms with Crippen molar-refractivity contribution in [3.05, 3.63) is 0 Å². The fraction of sp³-hybridized carbons (Fsp3) is 1.00. The topological polar surface area (TPSA) is 67.2 Å². The van der Waals surface area contributed by atoms with Gasteiger partial charge in [0.1, 0.15) is 0 Å². The van der Waals surface area contributed by atoms with E-state index in [1.165, 1.54) is 0 Å². The number of hydrogen-bond donors (Lipinski definition) is 3. The monoisotopic (exact) mass is 216 g/mol. The molecule has 0 amide bonds. The van der Waals surface area contributed by atoms with Crippen molar-refractivity contribution in [2.75, 3.05) is 26.2 Å². The second-order valence-corrected chi connectivity index (χ2v) is 4.52. The molecule has 0 radical (unpaired) electrons. The number of aliphatic hydroxyl groups is 3. The first-order valence-electron chi connectivity index (χ1n) is 5.71. The highest BCUT2D eigenvalue weighted by molar-refractivity contribution is 4.80. The minimum absolute atomic E-state index is 0.165.